The molecule has 3 rings (SSSR count). The highest BCUT2D eigenvalue weighted by molar-refractivity contribution is 7.92. The molecule has 0 saturated heterocycles. The van der Waals surface area contributed by atoms with E-state index < -0.39 is 16.1 Å². The molecule has 0 spiro atoms. The number of nitrogens with one attached hydrogen (secondary N) is 1. The number of halogens is 2. The van der Waals surface area contributed by atoms with Crippen molar-refractivity contribution >= 4 is 50.7 Å². The Hall–Kier alpha value is -3.07. The second-order valence-electron chi connectivity index (χ2n) is 9.49. The van der Waals surface area contributed by atoms with E-state index in [2.05, 4.69) is 5.32 Å². The minimum atomic E-state index is -3.57. The van der Waals surface area contributed by atoms with Crippen LogP contribution in [0.3, 0.4) is 0 Å². The van der Waals surface area contributed by atoms with Gasteiger partial charge in [0, 0.05) is 48.1 Å². The zero-order valence-corrected chi connectivity index (χ0v) is 25.1. The number of carbonyl (C=O) groups excluding carboxylic acids is 2. The van der Waals surface area contributed by atoms with E-state index in [1.165, 1.54) is 9.21 Å². The van der Waals surface area contributed by atoms with Crippen LogP contribution in [0.5, 0.6) is 0 Å². The van der Waals surface area contributed by atoms with Gasteiger partial charge in [-0.15, -0.1) is 0 Å². The van der Waals surface area contributed by atoms with E-state index in [9.17, 15) is 18.0 Å². The number of benzene rings is 3. The SMILES string of the molecule is CCCNC(=O)[C@@H](Cc1ccccc1)N(Cc1c(Cl)cccc1Cl)C(=O)CCCN(c1ccccc1)S(C)(=O)=O. The summed E-state index contributed by atoms with van der Waals surface area (Å²) in [5, 5.41) is 3.72. The molecule has 3 aromatic carbocycles. The van der Waals surface area contributed by atoms with Gasteiger partial charge >= 0.3 is 0 Å². The lowest BCUT2D eigenvalue weighted by Crippen LogP contribution is -2.50. The molecule has 40 heavy (non-hydrogen) atoms. The predicted octanol–water partition coefficient (Wildman–Crippen LogP) is 5.71. The zero-order chi connectivity index (χ0) is 29.1. The topological polar surface area (TPSA) is 86.8 Å². The van der Waals surface area contributed by atoms with Gasteiger partial charge in [0.25, 0.3) is 0 Å². The molecule has 0 aliphatic heterocycles. The number of carbonyl (C=O) groups is 2. The number of anilines is 1. The first-order valence-corrected chi connectivity index (χ1v) is 15.8. The monoisotopic (exact) mass is 603 g/mol. The van der Waals surface area contributed by atoms with Gasteiger partial charge in [0.2, 0.25) is 21.8 Å². The number of nitrogens with zero attached hydrogens (tertiary/aromatic N) is 2. The highest BCUT2D eigenvalue weighted by Crippen LogP contribution is 2.28. The van der Waals surface area contributed by atoms with E-state index in [1.807, 2.05) is 43.3 Å². The van der Waals surface area contributed by atoms with Crippen LogP contribution in [0, 0.1) is 0 Å². The van der Waals surface area contributed by atoms with Gasteiger partial charge in [0.05, 0.1) is 11.9 Å². The van der Waals surface area contributed by atoms with Gasteiger partial charge in [-0.25, -0.2) is 8.42 Å². The summed E-state index contributed by atoms with van der Waals surface area (Å²) in [5.74, 6) is -0.575. The van der Waals surface area contributed by atoms with Crippen molar-refractivity contribution in [2.75, 3.05) is 23.7 Å². The van der Waals surface area contributed by atoms with E-state index in [-0.39, 0.29) is 37.7 Å². The van der Waals surface area contributed by atoms with E-state index in [4.69, 9.17) is 23.2 Å². The Morgan fingerprint density at radius 2 is 1.50 bits per heavy atom. The molecule has 0 aromatic heterocycles. The molecule has 2 amide bonds. The Bertz CT molecular complexity index is 1350. The Kier molecular flexibility index (Phi) is 11.9. The average Bonchev–Trinajstić information content (AvgIpc) is 2.93. The molecule has 10 heteroatoms. The summed E-state index contributed by atoms with van der Waals surface area (Å²) in [5.41, 5.74) is 1.97. The third kappa shape index (κ3) is 8.98. The van der Waals surface area contributed by atoms with Crippen LogP contribution >= 0.6 is 23.2 Å². The summed E-state index contributed by atoms with van der Waals surface area (Å²) in [6, 6.07) is 22.5. The maximum Gasteiger partial charge on any atom is 0.243 e. The Morgan fingerprint density at radius 1 is 0.900 bits per heavy atom. The summed E-state index contributed by atoms with van der Waals surface area (Å²) < 4.78 is 26.3. The fourth-order valence-electron chi connectivity index (χ4n) is 4.37. The number of hydrogen-bond donors (Lipinski definition) is 1. The van der Waals surface area contributed by atoms with E-state index in [1.54, 1.807) is 42.5 Å². The van der Waals surface area contributed by atoms with Crippen LogP contribution in [0.4, 0.5) is 5.69 Å². The van der Waals surface area contributed by atoms with Gasteiger partial charge in [-0.2, -0.15) is 0 Å². The van der Waals surface area contributed by atoms with E-state index in [0.29, 0.717) is 34.3 Å². The van der Waals surface area contributed by atoms with Crippen molar-refractivity contribution in [1.82, 2.24) is 10.2 Å². The molecule has 3 aromatic rings. The second-order valence-corrected chi connectivity index (χ2v) is 12.2. The highest BCUT2D eigenvalue weighted by atomic mass is 35.5. The number of rotatable bonds is 14. The van der Waals surface area contributed by atoms with Crippen molar-refractivity contribution in [2.45, 2.75) is 45.2 Å². The molecule has 7 nitrogen and oxygen atoms in total. The van der Waals surface area contributed by atoms with Gasteiger partial charge in [-0.1, -0.05) is 84.7 Å². The first-order chi connectivity index (χ1) is 19.1. The van der Waals surface area contributed by atoms with Crippen LogP contribution in [0.25, 0.3) is 0 Å². The first-order valence-electron chi connectivity index (χ1n) is 13.2. The van der Waals surface area contributed by atoms with Crippen LogP contribution < -0.4 is 9.62 Å². The number of hydrogen-bond acceptors (Lipinski definition) is 4. The summed E-state index contributed by atoms with van der Waals surface area (Å²) in [7, 11) is -3.57. The van der Waals surface area contributed by atoms with Crippen LogP contribution in [0.15, 0.2) is 78.9 Å². The smallest absolute Gasteiger partial charge is 0.243 e. The quantitative estimate of drug-likeness (QED) is 0.256. The summed E-state index contributed by atoms with van der Waals surface area (Å²) >= 11 is 12.9. The normalized spacial score (nSPS) is 12.0. The van der Waals surface area contributed by atoms with Crippen LogP contribution in [-0.2, 0) is 32.6 Å². The molecule has 0 aliphatic carbocycles. The number of sulfonamides is 1. The summed E-state index contributed by atoms with van der Waals surface area (Å²) in [4.78, 5) is 28.8. The van der Waals surface area contributed by atoms with Crippen molar-refractivity contribution in [1.29, 1.82) is 0 Å². The minimum Gasteiger partial charge on any atom is -0.354 e. The van der Waals surface area contributed by atoms with Crippen molar-refractivity contribution in [3.05, 3.63) is 100 Å². The van der Waals surface area contributed by atoms with Crippen molar-refractivity contribution in [3.8, 4) is 0 Å². The molecule has 0 saturated carbocycles. The highest BCUT2D eigenvalue weighted by Gasteiger charge is 2.31. The van der Waals surface area contributed by atoms with Gasteiger partial charge in [-0.3, -0.25) is 13.9 Å². The third-order valence-electron chi connectivity index (χ3n) is 6.41. The largest absolute Gasteiger partial charge is 0.354 e. The summed E-state index contributed by atoms with van der Waals surface area (Å²) in [6.45, 7) is 2.57. The first kappa shape index (κ1) is 31.5. The molecular formula is C30H35Cl2N3O4S. The van der Waals surface area contributed by atoms with Crippen LogP contribution in [0.2, 0.25) is 10.0 Å². The predicted molar refractivity (Wildman–Crippen MR) is 162 cm³/mol. The summed E-state index contributed by atoms with van der Waals surface area (Å²) in [6.07, 6.45) is 2.45. The van der Waals surface area contributed by atoms with Gasteiger partial charge in [0.1, 0.15) is 6.04 Å². The Balaban J connectivity index is 1.91. The van der Waals surface area contributed by atoms with Crippen LogP contribution in [0.1, 0.15) is 37.3 Å². The Labute approximate surface area is 247 Å². The van der Waals surface area contributed by atoms with E-state index >= 15 is 0 Å². The van der Waals surface area contributed by atoms with Crippen molar-refractivity contribution in [2.24, 2.45) is 0 Å². The van der Waals surface area contributed by atoms with Crippen LogP contribution in [-0.4, -0.2) is 50.5 Å². The lowest BCUT2D eigenvalue weighted by molar-refractivity contribution is -0.141. The number of amides is 2. The fourth-order valence-corrected chi connectivity index (χ4v) is 5.85. The lowest BCUT2D eigenvalue weighted by atomic mass is 10.0. The maximum absolute atomic E-state index is 13.8. The molecule has 1 N–H and O–H groups in total. The second kappa shape index (κ2) is 15.1. The molecule has 0 bridgehead atoms. The van der Waals surface area contributed by atoms with Crippen molar-refractivity contribution < 1.29 is 18.0 Å². The zero-order valence-electron chi connectivity index (χ0n) is 22.7. The standard InChI is InChI=1S/C30H35Cl2N3O4S/c1-3-19-33-30(37)28(21-23-12-6-4-7-13-23)34(22-25-26(31)16-10-17-27(25)32)29(36)18-11-20-35(40(2,38)39)24-14-8-5-9-15-24/h4-10,12-17,28H,3,11,18-22H2,1-2H3,(H,33,37)/t28-/m1/s1. The average molecular weight is 605 g/mol. The fraction of sp³-hybridized carbons (Fsp3) is 0.333. The molecule has 1 atom stereocenters. The molecule has 0 fully saturated rings. The molecule has 0 aliphatic rings. The molecule has 0 unspecified atom stereocenters. The molecular weight excluding hydrogens is 569 g/mol. The number of para-hydroxylation sites is 1. The van der Waals surface area contributed by atoms with Crippen molar-refractivity contribution in [3.63, 3.8) is 0 Å². The van der Waals surface area contributed by atoms with Gasteiger partial charge in [0.15, 0.2) is 0 Å². The molecule has 0 heterocycles. The third-order valence-corrected chi connectivity index (χ3v) is 8.31. The molecule has 214 valence electrons. The Morgan fingerprint density at radius 3 is 2.08 bits per heavy atom. The van der Waals surface area contributed by atoms with Gasteiger partial charge in [-0.05, 0) is 42.7 Å². The minimum absolute atomic E-state index is 0.0211. The van der Waals surface area contributed by atoms with E-state index in [0.717, 1.165) is 18.2 Å². The van der Waals surface area contributed by atoms with Gasteiger partial charge < -0.3 is 10.2 Å². The lowest BCUT2D eigenvalue weighted by Gasteiger charge is -2.32. The molecule has 0 radical (unpaired) electrons. The maximum atomic E-state index is 13.8.